The molecule has 0 radical (unpaired) electrons. The number of fused-ring (bicyclic) bond motifs is 2. The summed E-state index contributed by atoms with van der Waals surface area (Å²) in [6.45, 7) is 6.57. The number of nitrogen functional groups attached to an aromatic ring is 1. The van der Waals surface area contributed by atoms with Crippen LogP contribution in [0.1, 0.15) is 52.2 Å². The molecular weight excluding hydrogens is 490 g/mol. The fraction of sp³-hybridized carbons (Fsp3) is 0.290. The van der Waals surface area contributed by atoms with Crippen LogP contribution >= 0.6 is 0 Å². The van der Waals surface area contributed by atoms with Gasteiger partial charge in [0.2, 0.25) is 5.95 Å². The van der Waals surface area contributed by atoms with Crippen molar-refractivity contribution in [2.24, 2.45) is 0 Å². The number of anilines is 1. The van der Waals surface area contributed by atoms with Crippen molar-refractivity contribution in [2.45, 2.75) is 33.4 Å². The number of hydrogen-bond acceptors (Lipinski definition) is 7. The maximum absolute atomic E-state index is 13.5. The van der Waals surface area contributed by atoms with E-state index in [0.29, 0.717) is 41.9 Å². The Morgan fingerprint density at radius 3 is 2.36 bits per heavy atom. The number of aldehydes is 1. The average molecular weight is 526 g/mol. The van der Waals surface area contributed by atoms with Gasteiger partial charge in [0.1, 0.15) is 18.1 Å². The van der Waals surface area contributed by atoms with Gasteiger partial charge < -0.3 is 20.3 Å². The summed E-state index contributed by atoms with van der Waals surface area (Å²) < 4.78 is 5.78. The molecule has 2 N–H and O–H groups in total. The highest BCUT2D eigenvalue weighted by molar-refractivity contribution is 6.06. The Labute approximate surface area is 229 Å². The molecule has 0 spiro atoms. The molecule has 39 heavy (non-hydrogen) atoms. The lowest BCUT2D eigenvalue weighted by Crippen LogP contribution is -2.27. The first-order chi connectivity index (χ1) is 18.8. The first-order valence-corrected chi connectivity index (χ1v) is 13.1. The van der Waals surface area contributed by atoms with E-state index in [4.69, 9.17) is 10.5 Å². The molecule has 0 aliphatic carbocycles. The normalized spacial score (nSPS) is 12.2. The molecule has 202 valence electrons. The second kappa shape index (κ2) is 12.5. The third kappa shape index (κ3) is 6.41. The summed E-state index contributed by atoms with van der Waals surface area (Å²) in [7, 11) is 3.95. The van der Waals surface area contributed by atoms with Crippen LogP contribution in [-0.4, -0.2) is 59.2 Å². The lowest BCUT2D eigenvalue weighted by Gasteiger charge is -2.17. The summed E-state index contributed by atoms with van der Waals surface area (Å²) in [5.41, 5.74) is 11.0. The van der Waals surface area contributed by atoms with E-state index >= 15 is 0 Å². The summed E-state index contributed by atoms with van der Waals surface area (Å²) in [4.78, 5) is 37.9. The first-order valence-electron chi connectivity index (χ1n) is 13.1. The molecule has 4 aromatic rings. The van der Waals surface area contributed by atoms with Crippen molar-refractivity contribution < 1.29 is 14.3 Å². The van der Waals surface area contributed by atoms with Crippen molar-refractivity contribution >= 4 is 29.0 Å². The Kier molecular flexibility index (Phi) is 8.88. The van der Waals surface area contributed by atoms with E-state index in [-0.39, 0.29) is 17.5 Å². The van der Waals surface area contributed by atoms with Gasteiger partial charge in [0.15, 0.2) is 6.29 Å². The van der Waals surface area contributed by atoms with Crippen LogP contribution in [0.4, 0.5) is 5.95 Å². The summed E-state index contributed by atoms with van der Waals surface area (Å²) in [5, 5.41) is 0.589. The van der Waals surface area contributed by atoms with Gasteiger partial charge in [-0.05, 0) is 66.7 Å². The van der Waals surface area contributed by atoms with Crippen LogP contribution in [0.2, 0.25) is 0 Å². The highest BCUT2D eigenvalue weighted by Gasteiger charge is 2.27. The second-order valence-corrected chi connectivity index (χ2v) is 9.82. The minimum absolute atomic E-state index is 0.0446. The summed E-state index contributed by atoms with van der Waals surface area (Å²) in [5.74, 6) is 0.467. The molecule has 1 amide bonds. The monoisotopic (exact) mass is 525 g/mol. The molecular formula is C31H35N5O3. The first kappa shape index (κ1) is 27.7. The number of carbonyl (C=O) groups excluding carboxylic acids is 2. The van der Waals surface area contributed by atoms with E-state index in [1.807, 2.05) is 67.5 Å². The zero-order valence-corrected chi connectivity index (χ0v) is 23.0. The van der Waals surface area contributed by atoms with Gasteiger partial charge in [-0.15, -0.1) is 0 Å². The Morgan fingerprint density at radius 1 is 1.03 bits per heavy atom. The average Bonchev–Trinajstić information content (AvgIpc) is 3.36. The number of ether oxygens (including phenoxy) is 1. The van der Waals surface area contributed by atoms with Crippen LogP contribution in [0, 0.1) is 0 Å². The molecule has 8 heteroatoms. The molecule has 0 saturated carbocycles. The Bertz CT molecular complexity index is 1460. The zero-order valence-electron chi connectivity index (χ0n) is 23.0. The van der Waals surface area contributed by atoms with Crippen molar-refractivity contribution in [3.05, 3.63) is 83.0 Å². The molecule has 0 fully saturated rings. The Balaban J connectivity index is 0.00000112. The van der Waals surface area contributed by atoms with E-state index < -0.39 is 0 Å². The van der Waals surface area contributed by atoms with Crippen LogP contribution in [0.3, 0.4) is 0 Å². The number of carbonyl (C=O) groups is 2. The smallest absolute Gasteiger partial charge is 0.273 e. The van der Waals surface area contributed by atoms with Crippen molar-refractivity contribution in [1.82, 2.24) is 19.8 Å². The zero-order chi connectivity index (χ0) is 27.9. The lowest BCUT2D eigenvalue weighted by molar-refractivity contribution is 0.0747. The number of nitrogens with zero attached hydrogens (tertiary/aromatic N) is 4. The van der Waals surface area contributed by atoms with Crippen LogP contribution < -0.4 is 10.5 Å². The maximum Gasteiger partial charge on any atom is 0.273 e. The molecule has 1 aromatic heterocycles. The molecule has 1 aliphatic rings. The molecule has 5 rings (SSSR count). The number of benzene rings is 3. The number of amides is 1. The van der Waals surface area contributed by atoms with Crippen LogP contribution in [-0.2, 0) is 13.1 Å². The van der Waals surface area contributed by atoms with Crippen molar-refractivity contribution in [3.8, 4) is 16.9 Å². The molecule has 0 unspecified atom stereocenters. The molecule has 0 atom stereocenters. The highest BCUT2D eigenvalue weighted by atomic mass is 16.5. The summed E-state index contributed by atoms with van der Waals surface area (Å²) >= 11 is 0. The minimum atomic E-state index is -0.206. The van der Waals surface area contributed by atoms with Gasteiger partial charge in [0.05, 0.1) is 5.52 Å². The van der Waals surface area contributed by atoms with Crippen LogP contribution in [0.5, 0.6) is 5.75 Å². The van der Waals surface area contributed by atoms with Gasteiger partial charge in [-0.3, -0.25) is 9.59 Å². The fourth-order valence-corrected chi connectivity index (χ4v) is 4.44. The number of aromatic nitrogens is 2. The lowest BCUT2D eigenvalue weighted by atomic mass is 9.98. The van der Waals surface area contributed by atoms with Gasteiger partial charge in [-0.2, -0.15) is 0 Å². The van der Waals surface area contributed by atoms with E-state index in [9.17, 15) is 9.59 Å². The minimum Gasteiger partial charge on any atom is -0.492 e. The maximum atomic E-state index is 13.5. The van der Waals surface area contributed by atoms with Crippen LogP contribution in [0.25, 0.3) is 22.0 Å². The predicted octanol–water partition coefficient (Wildman–Crippen LogP) is 5.20. The quantitative estimate of drug-likeness (QED) is 0.331. The van der Waals surface area contributed by atoms with E-state index in [2.05, 4.69) is 23.8 Å². The van der Waals surface area contributed by atoms with Crippen molar-refractivity contribution in [1.29, 1.82) is 0 Å². The van der Waals surface area contributed by atoms with Gasteiger partial charge in [0, 0.05) is 30.6 Å². The molecule has 8 nitrogen and oxygen atoms in total. The predicted molar refractivity (Wildman–Crippen MR) is 155 cm³/mol. The summed E-state index contributed by atoms with van der Waals surface area (Å²) in [6, 6.07) is 18.9. The topological polar surface area (TPSA) is 102 Å². The number of rotatable bonds is 7. The SMILES string of the molecule is CCC.CN(C)CCOc1ccc(-c2ccc3nc(N)nc(C(=O)N4Cc5ccccc5C4)c3c2)c(C=O)c1. The van der Waals surface area contributed by atoms with Gasteiger partial charge >= 0.3 is 0 Å². The Hall–Kier alpha value is -4.30. The van der Waals surface area contributed by atoms with Crippen LogP contribution in [0.15, 0.2) is 60.7 Å². The molecule has 2 heterocycles. The van der Waals surface area contributed by atoms with E-state index in [0.717, 1.165) is 35.1 Å². The van der Waals surface area contributed by atoms with Crippen molar-refractivity contribution in [2.75, 3.05) is 33.0 Å². The molecule has 0 saturated heterocycles. The van der Waals surface area contributed by atoms with Gasteiger partial charge in [-0.1, -0.05) is 50.6 Å². The van der Waals surface area contributed by atoms with E-state index in [1.54, 1.807) is 17.0 Å². The number of hydrogen-bond donors (Lipinski definition) is 1. The largest absolute Gasteiger partial charge is 0.492 e. The standard InChI is InChI=1S/C28H27N5O3.C3H8/c1-32(2)11-12-36-22-8-9-23(21(13-22)17-34)18-7-10-25-24(14-18)26(31-28(29)30-25)27(35)33-15-19-5-3-4-6-20(19)16-33;1-3-2/h3-10,13-14,17H,11-12,15-16H2,1-2H3,(H2,29,30,31);3H2,1-2H3. The number of nitrogens with two attached hydrogens (primary N) is 1. The third-order valence-corrected chi connectivity index (χ3v) is 6.31. The van der Waals surface area contributed by atoms with E-state index in [1.165, 1.54) is 6.42 Å². The summed E-state index contributed by atoms with van der Waals surface area (Å²) in [6.07, 6.45) is 2.06. The third-order valence-electron chi connectivity index (χ3n) is 6.31. The fourth-order valence-electron chi connectivity index (χ4n) is 4.44. The van der Waals surface area contributed by atoms with Gasteiger partial charge in [0.25, 0.3) is 5.91 Å². The molecule has 0 bridgehead atoms. The number of likely N-dealkylation sites (N-methyl/N-ethyl adjacent to an activating group) is 1. The highest BCUT2D eigenvalue weighted by Crippen LogP contribution is 2.31. The Morgan fingerprint density at radius 2 is 1.72 bits per heavy atom. The van der Waals surface area contributed by atoms with Gasteiger partial charge in [-0.25, -0.2) is 9.97 Å². The molecule has 3 aromatic carbocycles. The second-order valence-electron chi connectivity index (χ2n) is 9.82. The molecule has 1 aliphatic heterocycles. The van der Waals surface area contributed by atoms with Crippen molar-refractivity contribution in [3.63, 3.8) is 0 Å².